The second kappa shape index (κ2) is 9.06. The SMILES string of the molecule is Clc1ccccc1-c1ccc(CNCc2ccc3c(Sc4ccccc4)c[nH]c3c2)o1. The van der Waals surface area contributed by atoms with Gasteiger partial charge in [-0.15, -0.1) is 0 Å². The number of nitrogens with one attached hydrogen (secondary N) is 2. The third kappa shape index (κ3) is 4.57. The van der Waals surface area contributed by atoms with Gasteiger partial charge < -0.3 is 14.7 Å². The molecule has 0 radical (unpaired) electrons. The van der Waals surface area contributed by atoms with E-state index in [0.717, 1.165) is 29.1 Å². The van der Waals surface area contributed by atoms with E-state index in [9.17, 15) is 0 Å². The maximum absolute atomic E-state index is 6.27. The fraction of sp³-hybridized carbons (Fsp3) is 0.0769. The number of furan rings is 1. The molecule has 0 spiro atoms. The van der Waals surface area contributed by atoms with Crippen molar-refractivity contribution in [2.24, 2.45) is 0 Å². The van der Waals surface area contributed by atoms with Crippen LogP contribution in [0.3, 0.4) is 0 Å². The highest BCUT2D eigenvalue weighted by molar-refractivity contribution is 7.99. The van der Waals surface area contributed by atoms with Gasteiger partial charge in [0, 0.05) is 39.0 Å². The van der Waals surface area contributed by atoms with Crippen LogP contribution in [0.1, 0.15) is 11.3 Å². The molecular formula is C26H21ClN2OS. The molecule has 2 N–H and O–H groups in total. The van der Waals surface area contributed by atoms with E-state index in [1.165, 1.54) is 20.7 Å². The Morgan fingerprint density at radius 2 is 1.71 bits per heavy atom. The summed E-state index contributed by atoms with van der Waals surface area (Å²) in [6, 6.07) is 28.7. The van der Waals surface area contributed by atoms with Gasteiger partial charge in [0.25, 0.3) is 0 Å². The van der Waals surface area contributed by atoms with Gasteiger partial charge in [-0.3, -0.25) is 0 Å². The molecular weight excluding hydrogens is 424 g/mol. The molecule has 0 aliphatic heterocycles. The molecule has 0 bridgehead atoms. The molecule has 0 saturated carbocycles. The minimum absolute atomic E-state index is 0.655. The quantitative estimate of drug-likeness (QED) is 0.272. The minimum Gasteiger partial charge on any atom is -0.460 e. The summed E-state index contributed by atoms with van der Waals surface area (Å²) < 4.78 is 5.96. The average molecular weight is 445 g/mol. The second-order valence-electron chi connectivity index (χ2n) is 7.30. The Labute approximate surface area is 190 Å². The topological polar surface area (TPSA) is 41.0 Å². The Balaban J connectivity index is 1.22. The summed E-state index contributed by atoms with van der Waals surface area (Å²) in [5, 5.41) is 5.40. The van der Waals surface area contributed by atoms with E-state index in [4.69, 9.17) is 16.0 Å². The van der Waals surface area contributed by atoms with Crippen molar-refractivity contribution in [1.29, 1.82) is 0 Å². The highest BCUT2D eigenvalue weighted by atomic mass is 35.5. The van der Waals surface area contributed by atoms with E-state index in [1.807, 2.05) is 42.5 Å². The summed E-state index contributed by atoms with van der Waals surface area (Å²) in [6.07, 6.45) is 2.08. The minimum atomic E-state index is 0.655. The van der Waals surface area contributed by atoms with Gasteiger partial charge in [-0.2, -0.15) is 0 Å². The van der Waals surface area contributed by atoms with Gasteiger partial charge in [-0.25, -0.2) is 0 Å². The Kier molecular flexibility index (Phi) is 5.85. The van der Waals surface area contributed by atoms with Crippen molar-refractivity contribution in [2.45, 2.75) is 22.9 Å². The van der Waals surface area contributed by atoms with E-state index in [1.54, 1.807) is 11.8 Å². The number of aromatic nitrogens is 1. The van der Waals surface area contributed by atoms with E-state index in [0.29, 0.717) is 11.6 Å². The highest BCUT2D eigenvalue weighted by Gasteiger charge is 2.09. The molecule has 0 aliphatic rings. The fourth-order valence-corrected chi connectivity index (χ4v) is 4.75. The molecule has 0 unspecified atom stereocenters. The molecule has 0 atom stereocenters. The van der Waals surface area contributed by atoms with Crippen molar-refractivity contribution in [2.75, 3.05) is 0 Å². The summed E-state index contributed by atoms with van der Waals surface area (Å²) in [5.41, 5.74) is 3.29. The zero-order valence-electron chi connectivity index (χ0n) is 16.8. The van der Waals surface area contributed by atoms with Gasteiger partial charge in [-0.05, 0) is 48.0 Å². The van der Waals surface area contributed by atoms with E-state index < -0.39 is 0 Å². The first kappa shape index (κ1) is 20.0. The normalized spacial score (nSPS) is 11.3. The standard InChI is InChI=1S/C26H21ClN2OS/c27-23-9-5-4-8-21(23)25-13-11-19(30-25)16-28-15-18-10-12-22-24(14-18)29-17-26(22)31-20-6-2-1-3-7-20/h1-14,17,28-29H,15-16H2. The number of hydrogen-bond acceptors (Lipinski definition) is 3. The van der Waals surface area contributed by atoms with Gasteiger partial charge in [0.2, 0.25) is 0 Å². The van der Waals surface area contributed by atoms with Crippen LogP contribution in [0.2, 0.25) is 5.02 Å². The number of aromatic amines is 1. The fourth-order valence-electron chi connectivity index (χ4n) is 3.57. The summed E-state index contributed by atoms with van der Waals surface area (Å²) >= 11 is 8.04. The van der Waals surface area contributed by atoms with Crippen LogP contribution in [0.5, 0.6) is 0 Å². The molecule has 2 heterocycles. The number of hydrogen-bond donors (Lipinski definition) is 2. The van der Waals surface area contributed by atoms with Crippen LogP contribution >= 0.6 is 23.4 Å². The van der Waals surface area contributed by atoms with Crippen LogP contribution in [0.4, 0.5) is 0 Å². The third-order valence-electron chi connectivity index (χ3n) is 5.11. The van der Waals surface area contributed by atoms with Crippen LogP contribution in [0.25, 0.3) is 22.2 Å². The van der Waals surface area contributed by atoms with Crippen LogP contribution in [0.15, 0.2) is 105 Å². The van der Waals surface area contributed by atoms with Crippen LogP contribution in [0, 0.1) is 0 Å². The monoisotopic (exact) mass is 444 g/mol. The number of H-pyrrole nitrogens is 1. The van der Waals surface area contributed by atoms with Gasteiger partial charge in [0.05, 0.1) is 11.6 Å². The molecule has 3 nitrogen and oxygen atoms in total. The second-order valence-corrected chi connectivity index (χ2v) is 8.82. The molecule has 5 aromatic rings. The van der Waals surface area contributed by atoms with Crippen molar-refractivity contribution in [3.63, 3.8) is 0 Å². The lowest BCUT2D eigenvalue weighted by atomic mass is 10.1. The van der Waals surface area contributed by atoms with Crippen molar-refractivity contribution in [1.82, 2.24) is 10.3 Å². The van der Waals surface area contributed by atoms with Gasteiger partial charge >= 0.3 is 0 Å². The van der Waals surface area contributed by atoms with Crippen molar-refractivity contribution in [3.8, 4) is 11.3 Å². The zero-order chi connectivity index (χ0) is 21.0. The van der Waals surface area contributed by atoms with Crippen LogP contribution < -0.4 is 5.32 Å². The lowest BCUT2D eigenvalue weighted by Gasteiger charge is -2.05. The number of halogens is 1. The Morgan fingerprint density at radius 1 is 0.871 bits per heavy atom. The summed E-state index contributed by atoms with van der Waals surface area (Å²) in [6.45, 7) is 1.42. The predicted octanol–water partition coefficient (Wildman–Crippen LogP) is 7.52. The molecule has 0 amide bonds. The van der Waals surface area contributed by atoms with Gasteiger partial charge in [0.15, 0.2) is 0 Å². The molecule has 0 fully saturated rings. The largest absolute Gasteiger partial charge is 0.460 e. The first-order valence-electron chi connectivity index (χ1n) is 10.1. The molecule has 5 heteroatoms. The Morgan fingerprint density at radius 3 is 2.58 bits per heavy atom. The van der Waals surface area contributed by atoms with Crippen molar-refractivity contribution < 1.29 is 4.42 Å². The van der Waals surface area contributed by atoms with Gasteiger partial charge in [-0.1, -0.05) is 65.8 Å². The molecule has 0 saturated heterocycles. The number of rotatable bonds is 7. The molecule has 154 valence electrons. The molecule has 5 rings (SSSR count). The van der Waals surface area contributed by atoms with E-state index >= 15 is 0 Å². The molecule has 2 aromatic heterocycles. The van der Waals surface area contributed by atoms with E-state index in [-0.39, 0.29) is 0 Å². The highest BCUT2D eigenvalue weighted by Crippen LogP contribution is 2.34. The number of fused-ring (bicyclic) bond motifs is 1. The summed E-state index contributed by atoms with van der Waals surface area (Å²) in [5.74, 6) is 1.68. The predicted molar refractivity (Wildman–Crippen MR) is 129 cm³/mol. The van der Waals surface area contributed by atoms with Crippen molar-refractivity contribution >= 4 is 34.3 Å². The average Bonchev–Trinajstić information content (AvgIpc) is 3.42. The maximum Gasteiger partial charge on any atom is 0.135 e. The number of benzene rings is 3. The van der Waals surface area contributed by atoms with Gasteiger partial charge in [0.1, 0.15) is 11.5 Å². The first-order valence-corrected chi connectivity index (χ1v) is 11.3. The zero-order valence-corrected chi connectivity index (χ0v) is 18.3. The molecule has 31 heavy (non-hydrogen) atoms. The van der Waals surface area contributed by atoms with Crippen LogP contribution in [-0.4, -0.2) is 4.98 Å². The van der Waals surface area contributed by atoms with Crippen LogP contribution in [-0.2, 0) is 13.1 Å². The Bertz CT molecular complexity index is 1310. The van der Waals surface area contributed by atoms with E-state index in [2.05, 4.69) is 59.0 Å². The summed E-state index contributed by atoms with van der Waals surface area (Å²) in [7, 11) is 0. The smallest absolute Gasteiger partial charge is 0.135 e. The lowest BCUT2D eigenvalue weighted by Crippen LogP contribution is -2.11. The molecule has 3 aromatic carbocycles. The maximum atomic E-state index is 6.27. The lowest BCUT2D eigenvalue weighted by molar-refractivity contribution is 0.493. The van der Waals surface area contributed by atoms with Crippen molar-refractivity contribution in [3.05, 3.63) is 107 Å². The third-order valence-corrected chi connectivity index (χ3v) is 6.50. The molecule has 0 aliphatic carbocycles. The summed E-state index contributed by atoms with van der Waals surface area (Å²) in [4.78, 5) is 5.88. The first-order chi connectivity index (χ1) is 15.3. The Hall–Kier alpha value is -2.92.